The van der Waals surface area contributed by atoms with Crippen molar-refractivity contribution in [3.63, 3.8) is 0 Å². The van der Waals surface area contributed by atoms with E-state index < -0.39 is 33.5 Å². The second kappa shape index (κ2) is 8.03. The van der Waals surface area contributed by atoms with Crippen molar-refractivity contribution < 1.29 is 9.59 Å². The molecule has 0 bridgehead atoms. The highest BCUT2D eigenvalue weighted by Crippen LogP contribution is 2.65. The average molecular weight is 518 g/mol. The zero-order chi connectivity index (χ0) is 22.6. The number of alkyl halides is 2. The van der Waals surface area contributed by atoms with Gasteiger partial charge in [0.05, 0.1) is 22.6 Å². The fraction of sp³-hybridized carbons (Fsp3) is 0.286. The summed E-state index contributed by atoms with van der Waals surface area (Å²) >= 11 is 31.0. The standard InChI is InChI=1S/C21H14Cl5N3O2/c22-11-5-10(6-12(23)7-11)16-17(21(16,25)26)19(31)28-13-1-2-15(24)14(8-13)18(30)29-20(9-27)3-4-20/h1-2,5-8,16-17H,3-4H2,(H,28,31)(H,29,30)/t16-,17+/m1/s1. The molecule has 2 aromatic carbocycles. The van der Waals surface area contributed by atoms with Crippen molar-refractivity contribution in [2.24, 2.45) is 5.92 Å². The minimum Gasteiger partial charge on any atom is -0.334 e. The van der Waals surface area contributed by atoms with Crippen LogP contribution >= 0.6 is 58.0 Å². The summed E-state index contributed by atoms with van der Waals surface area (Å²) in [5.41, 5.74) is 0.319. The first-order valence-corrected chi connectivity index (χ1v) is 11.1. The van der Waals surface area contributed by atoms with E-state index in [4.69, 9.17) is 63.3 Å². The number of benzene rings is 2. The maximum Gasteiger partial charge on any atom is 0.254 e. The molecule has 160 valence electrons. The van der Waals surface area contributed by atoms with Crippen molar-refractivity contribution in [3.8, 4) is 6.07 Å². The first-order chi connectivity index (χ1) is 14.6. The molecule has 2 atom stereocenters. The molecule has 0 spiro atoms. The van der Waals surface area contributed by atoms with Gasteiger partial charge in [0.2, 0.25) is 5.91 Å². The van der Waals surface area contributed by atoms with Gasteiger partial charge in [0, 0.05) is 21.7 Å². The van der Waals surface area contributed by atoms with Gasteiger partial charge in [0.1, 0.15) is 9.87 Å². The highest BCUT2D eigenvalue weighted by Gasteiger charge is 2.67. The Labute approximate surface area is 203 Å². The largest absolute Gasteiger partial charge is 0.334 e. The molecule has 2 aliphatic rings. The summed E-state index contributed by atoms with van der Waals surface area (Å²) in [7, 11) is 0. The van der Waals surface area contributed by atoms with E-state index in [9.17, 15) is 9.59 Å². The number of rotatable bonds is 5. The van der Waals surface area contributed by atoms with E-state index in [2.05, 4.69) is 16.7 Å². The van der Waals surface area contributed by atoms with Crippen LogP contribution in [0.15, 0.2) is 36.4 Å². The van der Waals surface area contributed by atoms with Crippen LogP contribution in [0, 0.1) is 17.2 Å². The van der Waals surface area contributed by atoms with Gasteiger partial charge < -0.3 is 10.6 Å². The molecule has 4 rings (SSSR count). The average Bonchev–Trinajstić information content (AvgIpc) is 3.57. The van der Waals surface area contributed by atoms with Gasteiger partial charge in [-0.05, 0) is 54.8 Å². The fourth-order valence-corrected chi connectivity index (χ4v) is 5.07. The van der Waals surface area contributed by atoms with Crippen molar-refractivity contribution in [2.45, 2.75) is 28.6 Å². The molecule has 2 fully saturated rings. The molecule has 0 radical (unpaired) electrons. The van der Waals surface area contributed by atoms with Gasteiger partial charge in [-0.1, -0.05) is 34.8 Å². The van der Waals surface area contributed by atoms with Crippen LogP contribution in [0.25, 0.3) is 0 Å². The smallest absolute Gasteiger partial charge is 0.254 e. The van der Waals surface area contributed by atoms with Crippen molar-refractivity contribution in [1.29, 1.82) is 5.26 Å². The number of halogens is 5. The lowest BCUT2D eigenvalue weighted by atomic mass is 10.1. The van der Waals surface area contributed by atoms with Gasteiger partial charge in [0.25, 0.3) is 5.91 Å². The van der Waals surface area contributed by atoms with Crippen LogP contribution in [0.3, 0.4) is 0 Å². The molecule has 5 nitrogen and oxygen atoms in total. The van der Waals surface area contributed by atoms with Crippen molar-refractivity contribution in [2.75, 3.05) is 5.32 Å². The molecule has 31 heavy (non-hydrogen) atoms. The summed E-state index contributed by atoms with van der Waals surface area (Å²) in [6, 6.07) is 11.5. The molecular formula is C21H14Cl5N3O2. The van der Waals surface area contributed by atoms with Crippen LogP contribution in [-0.4, -0.2) is 21.7 Å². The summed E-state index contributed by atoms with van der Waals surface area (Å²) in [6.07, 6.45) is 1.18. The van der Waals surface area contributed by atoms with Crippen LogP contribution in [0.2, 0.25) is 15.1 Å². The monoisotopic (exact) mass is 515 g/mol. The highest BCUT2D eigenvalue weighted by molar-refractivity contribution is 6.53. The summed E-state index contributed by atoms with van der Waals surface area (Å²) < 4.78 is -1.32. The van der Waals surface area contributed by atoms with Gasteiger partial charge in [-0.25, -0.2) is 0 Å². The van der Waals surface area contributed by atoms with E-state index in [1.165, 1.54) is 12.1 Å². The number of nitrogens with zero attached hydrogens (tertiary/aromatic N) is 1. The number of hydrogen-bond donors (Lipinski definition) is 2. The van der Waals surface area contributed by atoms with Gasteiger partial charge in [0.15, 0.2) is 0 Å². The van der Waals surface area contributed by atoms with Crippen LogP contribution < -0.4 is 10.6 Å². The zero-order valence-electron chi connectivity index (χ0n) is 15.7. The molecule has 2 amide bonds. The lowest BCUT2D eigenvalue weighted by Gasteiger charge is -2.12. The van der Waals surface area contributed by atoms with Crippen LogP contribution in [0.5, 0.6) is 0 Å². The van der Waals surface area contributed by atoms with Gasteiger partial charge in [-0.2, -0.15) is 5.26 Å². The van der Waals surface area contributed by atoms with E-state index in [1.54, 1.807) is 24.3 Å². The molecule has 0 saturated heterocycles. The molecule has 2 N–H and O–H groups in total. The molecule has 0 aromatic heterocycles. The Balaban J connectivity index is 1.51. The second-order valence-electron chi connectivity index (χ2n) is 7.66. The molecule has 2 aromatic rings. The second-order valence-corrected chi connectivity index (χ2v) is 10.4. The highest BCUT2D eigenvalue weighted by atomic mass is 35.5. The Bertz CT molecular complexity index is 1120. The summed E-state index contributed by atoms with van der Waals surface area (Å²) in [4.78, 5) is 25.4. The van der Waals surface area contributed by atoms with Crippen LogP contribution in [-0.2, 0) is 4.79 Å². The van der Waals surface area contributed by atoms with Gasteiger partial charge in [-0.3, -0.25) is 9.59 Å². The zero-order valence-corrected chi connectivity index (χ0v) is 19.5. The van der Waals surface area contributed by atoms with Crippen molar-refractivity contribution >= 4 is 75.5 Å². The first kappa shape index (κ1) is 22.5. The Morgan fingerprint density at radius 1 is 1.03 bits per heavy atom. The fourth-order valence-electron chi connectivity index (χ4n) is 3.49. The van der Waals surface area contributed by atoms with E-state index >= 15 is 0 Å². The number of nitrogens with one attached hydrogen (secondary N) is 2. The Morgan fingerprint density at radius 2 is 1.68 bits per heavy atom. The number of hydrogen-bond acceptors (Lipinski definition) is 3. The van der Waals surface area contributed by atoms with Crippen LogP contribution in [0.4, 0.5) is 5.69 Å². The minimum absolute atomic E-state index is 0.151. The quantitative estimate of drug-likeness (QED) is 0.480. The molecule has 0 aliphatic heterocycles. The first-order valence-electron chi connectivity index (χ1n) is 9.24. The van der Waals surface area contributed by atoms with Crippen molar-refractivity contribution in [3.05, 3.63) is 62.6 Å². The third-order valence-corrected chi connectivity index (χ3v) is 7.08. The molecular weight excluding hydrogens is 504 g/mol. The maximum absolute atomic E-state index is 12.9. The predicted molar refractivity (Wildman–Crippen MR) is 122 cm³/mol. The summed E-state index contributed by atoms with van der Waals surface area (Å²) in [5, 5.41) is 15.6. The third-order valence-electron chi connectivity index (χ3n) is 5.38. The number of amides is 2. The topological polar surface area (TPSA) is 82.0 Å². The van der Waals surface area contributed by atoms with E-state index in [1.807, 2.05) is 0 Å². The lowest BCUT2D eigenvalue weighted by molar-refractivity contribution is -0.117. The van der Waals surface area contributed by atoms with Gasteiger partial charge in [-0.15, -0.1) is 23.2 Å². The number of anilines is 1. The van der Waals surface area contributed by atoms with Crippen LogP contribution in [0.1, 0.15) is 34.7 Å². The van der Waals surface area contributed by atoms with E-state index in [0.29, 0.717) is 34.1 Å². The summed E-state index contributed by atoms with van der Waals surface area (Å²) in [5.74, 6) is -2.14. The SMILES string of the molecule is N#CC1(NC(=O)c2cc(NC(=O)[C@@H]3[C@@H](c4cc(Cl)cc(Cl)c4)C3(Cl)Cl)ccc2Cl)CC1. The molecule has 0 unspecified atom stereocenters. The minimum atomic E-state index is -1.32. The Morgan fingerprint density at radius 3 is 2.26 bits per heavy atom. The number of carbonyl (C=O) groups excluding carboxylic acids is 2. The molecule has 2 saturated carbocycles. The molecule has 0 heterocycles. The normalized spacial score (nSPS) is 22.2. The van der Waals surface area contributed by atoms with E-state index in [-0.39, 0.29) is 10.6 Å². The summed E-state index contributed by atoms with van der Waals surface area (Å²) in [6.45, 7) is 0. The molecule has 2 aliphatic carbocycles. The maximum atomic E-state index is 12.9. The Hall–Kier alpha value is -1.68. The number of nitriles is 1. The van der Waals surface area contributed by atoms with Gasteiger partial charge >= 0.3 is 0 Å². The number of carbonyl (C=O) groups is 2. The molecule has 10 heteroatoms. The van der Waals surface area contributed by atoms with Crippen molar-refractivity contribution in [1.82, 2.24) is 5.32 Å². The predicted octanol–water partition coefficient (Wildman–Crippen LogP) is 5.96. The lowest BCUT2D eigenvalue weighted by Crippen LogP contribution is -2.35. The third kappa shape index (κ3) is 4.46. The van der Waals surface area contributed by atoms with E-state index in [0.717, 1.165) is 0 Å². The Kier molecular flexibility index (Phi) is 5.83.